The van der Waals surface area contributed by atoms with Crippen LogP contribution in [-0.4, -0.2) is 48.4 Å². The van der Waals surface area contributed by atoms with Gasteiger partial charge in [-0.1, -0.05) is 19.1 Å². The molecule has 3 aromatic rings. The number of fused-ring (bicyclic) bond motifs is 1. The Morgan fingerprint density at radius 3 is 2.71 bits per heavy atom. The second-order valence-corrected chi connectivity index (χ2v) is 8.79. The van der Waals surface area contributed by atoms with E-state index in [1.165, 1.54) is 12.8 Å². The van der Waals surface area contributed by atoms with Gasteiger partial charge in [0.1, 0.15) is 5.82 Å². The van der Waals surface area contributed by atoms with Crippen LogP contribution in [0.3, 0.4) is 0 Å². The molecule has 5 rings (SSSR count). The van der Waals surface area contributed by atoms with Gasteiger partial charge in [-0.15, -0.1) is 0 Å². The third-order valence-corrected chi connectivity index (χ3v) is 6.55. The molecule has 6 heteroatoms. The minimum absolute atomic E-state index is 0.172. The first-order chi connectivity index (χ1) is 15.2. The van der Waals surface area contributed by atoms with Crippen LogP contribution < -0.4 is 10.2 Å². The maximum absolute atomic E-state index is 9.20. The number of hydrogen-bond donors (Lipinski definition) is 1. The van der Waals surface area contributed by atoms with Crippen LogP contribution in [0.2, 0.25) is 0 Å². The molecule has 1 atom stereocenters. The standard InChI is InChI=1S/C25H29N5O/c1-18-6-10-29(11-7-18)25-22(20-4-2-19(15-26)3-5-20)14-24-23(28-25)8-12-30(24)17-21-16-27-9-13-31-21/h2-5,8,12,14,18,21,27H,6-7,9-11,13,16-17H2,1H3. The fourth-order valence-corrected chi connectivity index (χ4v) is 4.61. The third kappa shape index (κ3) is 4.16. The maximum atomic E-state index is 9.20. The number of nitriles is 1. The van der Waals surface area contributed by atoms with E-state index in [4.69, 9.17) is 9.72 Å². The lowest BCUT2D eigenvalue weighted by Crippen LogP contribution is -2.40. The Morgan fingerprint density at radius 1 is 1.19 bits per heavy atom. The maximum Gasteiger partial charge on any atom is 0.137 e. The van der Waals surface area contributed by atoms with Crippen LogP contribution in [0, 0.1) is 17.2 Å². The van der Waals surface area contributed by atoms with Crippen LogP contribution in [0.5, 0.6) is 0 Å². The van der Waals surface area contributed by atoms with Gasteiger partial charge in [0.2, 0.25) is 0 Å². The lowest BCUT2D eigenvalue weighted by atomic mass is 9.97. The lowest BCUT2D eigenvalue weighted by Gasteiger charge is -2.32. The molecule has 2 saturated heterocycles. The van der Waals surface area contributed by atoms with Crippen LogP contribution in [0.4, 0.5) is 5.82 Å². The Labute approximate surface area is 183 Å². The van der Waals surface area contributed by atoms with E-state index in [0.29, 0.717) is 5.56 Å². The predicted octanol–water partition coefficient (Wildman–Crippen LogP) is 3.80. The van der Waals surface area contributed by atoms with Crippen LogP contribution in [0.15, 0.2) is 42.6 Å². The summed E-state index contributed by atoms with van der Waals surface area (Å²) < 4.78 is 8.19. The van der Waals surface area contributed by atoms with Crippen molar-refractivity contribution in [1.29, 1.82) is 5.26 Å². The van der Waals surface area contributed by atoms with E-state index in [1.54, 1.807) is 0 Å². The van der Waals surface area contributed by atoms with E-state index in [2.05, 4.69) is 46.1 Å². The summed E-state index contributed by atoms with van der Waals surface area (Å²) in [5.74, 6) is 1.82. The number of nitrogens with zero attached hydrogens (tertiary/aromatic N) is 4. The first-order valence-electron chi connectivity index (χ1n) is 11.3. The zero-order valence-corrected chi connectivity index (χ0v) is 18.1. The van der Waals surface area contributed by atoms with Crippen molar-refractivity contribution in [3.05, 3.63) is 48.2 Å². The van der Waals surface area contributed by atoms with Gasteiger partial charge >= 0.3 is 0 Å². The fraction of sp³-hybridized carbons (Fsp3) is 0.440. The lowest BCUT2D eigenvalue weighted by molar-refractivity contribution is 0.0189. The van der Waals surface area contributed by atoms with Gasteiger partial charge in [-0.2, -0.15) is 5.26 Å². The average molecular weight is 416 g/mol. The largest absolute Gasteiger partial charge is 0.374 e. The molecule has 1 aromatic carbocycles. The molecule has 0 amide bonds. The molecule has 1 unspecified atom stereocenters. The van der Waals surface area contributed by atoms with Crippen molar-refractivity contribution in [2.75, 3.05) is 37.7 Å². The normalized spacial score (nSPS) is 20.1. The van der Waals surface area contributed by atoms with Gasteiger partial charge in [-0.05, 0) is 48.6 Å². The first kappa shape index (κ1) is 20.0. The zero-order chi connectivity index (χ0) is 21.2. The molecule has 0 bridgehead atoms. The van der Waals surface area contributed by atoms with Gasteiger partial charge in [0, 0.05) is 37.9 Å². The number of nitrogens with one attached hydrogen (secondary N) is 1. The summed E-state index contributed by atoms with van der Waals surface area (Å²) in [6, 6.07) is 14.5. The molecule has 4 heterocycles. The molecule has 31 heavy (non-hydrogen) atoms. The van der Waals surface area contributed by atoms with Crippen molar-refractivity contribution in [2.24, 2.45) is 5.92 Å². The summed E-state index contributed by atoms with van der Waals surface area (Å²) in [6.45, 7) is 7.76. The number of aromatic nitrogens is 2. The van der Waals surface area contributed by atoms with Crippen LogP contribution >= 0.6 is 0 Å². The summed E-state index contributed by atoms with van der Waals surface area (Å²) in [5.41, 5.74) is 5.06. The number of piperidine rings is 1. The summed E-state index contributed by atoms with van der Waals surface area (Å²) in [4.78, 5) is 7.57. The molecule has 2 aliphatic heterocycles. The predicted molar refractivity (Wildman–Crippen MR) is 123 cm³/mol. The number of pyridine rings is 1. The minimum atomic E-state index is 0.172. The van der Waals surface area contributed by atoms with Gasteiger partial charge in [-0.3, -0.25) is 0 Å². The highest BCUT2D eigenvalue weighted by atomic mass is 16.5. The highest BCUT2D eigenvalue weighted by Crippen LogP contribution is 2.35. The van der Waals surface area contributed by atoms with Crippen LogP contribution in [0.1, 0.15) is 25.3 Å². The van der Waals surface area contributed by atoms with E-state index in [1.807, 2.05) is 24.3 Å². The summed E-state index contributed by atoms with van der Waals surface area (Å²) in [6.07, 6.45) is 4.69. The average Bonchev–Trinajstić information content (AvgIpc) is 3.21. The Balaban J connectivity index is 1.56. The van der Waals surface area contributed by atoms with Gasteiger partial charge in [-0.25, -0.2) is 4.98 Å². The van der Waals surface area contributed by atoms with Gasteiger partial charge in [0.15, 0.2) is 0 Å². The van der Waals surface area contributed by atoms with Gasteiger partial charge in [0.05, 0.1) is 41.9 Å². The van der Waals surface area contributed by atoms with E-state index in [9.17, 15) is 5.26 Å². The van der Waals surface area contributed by atoms with Crippen molar-refractivity contribution < 1.29 is 4.74 Å². The quantitative estimate of drug-likeness (QED) is 0.702. The molecule has 6 nitrogen and oxygen atoms in total. The Bertz CT molecular complexity index is 1080. The smallest absolute Gasteiger partial charge is 0.137 e. The van der Waals surface area contributed by atoms with E-state index in [0.717, 1.165) is 73.2 Å². The third-order valence-electron chi connectivity index (χ3n) is 6.55. The van der Waals surface area contributed by atoms with E-state index >= 15 is 0 Å². The number of benzene rings is 1. The number of rotatable bonds is 4. The zero-order valence-electron chi connectivity index (χ0n) is 18.1. The Morgan fingerprint density at radius 2 is 2.00 bits per heavy atom. The van der Waals surface area contributed by atoms with Crippen LogP contribution in [0.25, 0.3) is 22.2 Å². The molecule has 1 N–H and O–H groups in total. The molecule has 2 aromatic heterocycles. The number of morpholine rings is 1. The summed E-state index contributed by atoms with van der Waals surface area (Å²) >= 11 is 0. The molecule has 2 aliphatic rings. The second kappa shape index (κ2) is 8.70. The molecule has 0 aliphatic carbocycles. The molecule has 160 valence electrons. The van der Waals surface area contributed by atoms with Gasteiger partial charge < -0.3 is 19.5 Å². The van der Waals surface area contributed by atoms with Crippen molar-refractivity contribution in [2.45, 2.75) is 32.4 Å². The number of hydrogen-bond acceptors (Lipinski definition) is 5. The summed E-state index contributed by atoms with van der Waals surface area (Å²) in [5, 5.41) is 12.6. The van der Waals surface area contributed by atoms with Gasteiger partial charge in [0.25, 0.3) is 0 Å². The number of ether oxygens (including phenoxy) is 1. The van der Waals surface area contributed by atoms with Crippen molar-refractivity contribution in [1.82, 2.24) is 14.9 Å². The second-order valence-electron chi connectivity index (χ2n) is 8.79. The van der Waals surface area contributed by atoms with E-state index < -0.39 is 0 Å². The van der Waals surface area contributed by atoms with Crippen molar-refractivity contribution >= 4 is 16.9 Å². The number of anilines is 1. The Kier molecular flexibility index (Phi) is 5.63. The monoisotopic (exact) mass is 415 g/mol. The molecular formula is C25H29N5O. The SMILES string of the molecule is CC1CCN(c2nc3ccn(CC4CNCCO4)c3cc2-c2ccc(C#N)cc2)CC1. The Hall–Kier alpha value is -2.88. The molecular weight excluding hydrogens is 386 g/mol. The van der Waals surface area contributed by atoms with Crippen molar-refractivity contribution in [3.63, 3.8) is 0 Å². The minimum Gasteiger partial charge on any atom is -0.374 e. The van der Waals surface area contributed by atoms with Crippen LogP contribution in [-0.2, 0) is 11.3 Å². The highest BCUT2D eigenvalue weighted by Gasteiger charge is 2.22. The molecule has 0 radical (unpaired) electrons. The fourth-order valence-electron chi connectivity index (χ4n) is 4.61. The molecule has 0 saturated carbocycles. The van der Waals surface area contributed by atoms with Crippen molar-refractivity contribution in [3.8, 4) is 17.2 Å². The molecule has 2 fully saturated rings. The topological polar surface area (TPSA) is 66.1 Å². The summed E-state index contributed by atoms with van der Waals surface area (Å²) in [7, 11) is 0. The first-order valence-corrected chi connectivity index (χ1v) is 11.3. The molecule has 0 spiro atoms. The van der Waals surface area contributed by atoms with E-state index in [-0.39, 0.29) is 6.10 Å². The highest BCUT2D eigenvalue weighted by molar-refractivity contribution is 5.88.